The van der Waals surface area contributed by atoms with Gasteiger partial charge in [0.25, 0.3) is 0 Å². The number of hydrogen-bond acceptors (Lipinski definition) is 16. The summed E-state index contributed by atoms with van der Waals surface area (Å²) in [7, 11) is 3.91. The van der Waals surface area contributed by atoms with Gasteiger partial charge in [-0.1, -0.05) is 24.4 Å². The Morgan fingerprint density at radius 3 is 1.30 bits per heavy atom. The van der Waals surface area contributed by atoms with Crippen molar-refractivity contribution in [2.75, 3.05) is 60.2 Å². The van der Waals surface area contributed by atoms with E-state index in [1.165, 1.54) is 27.4 Å². The number of carbonyl (C=O) groups is 3. The van der Waals surface area contributed by atoms with Crippen molar-refractivity contribution in [2.24, 2.45) is 11.5 Å². The van der Waals surface area contributed by atoms with Gasteiger partial charge in [-0.25, -0.2) is 14.4 Å². The van der Waals surface area contributed by atoms with Gasteiger partial charge in [-0.3, -0.25) is 0 Å². The van der Waals surface area contributed by atoms with E-state index in [-0.39, 0.29) is 44.7 Å². The molecule has 57 heavy (non-hydrogen) atoms. The van der Waals surface area contributed by atoms with E-state index >= 15 is 0 Å². The second-order valence-electron chi connectivity index (χ2n) is 10.5. The first-order valence-corrected chi connectivity index (χ1v) is 17.5. The first kappa shape index (κ1) is 53.0. The van der Waals surface area contributed by atoms with E-state index < -0.39 is 17.9 Å². The van der Waals surface area contributed by atoms with Crippen molar-refractivity contribution >= 4 is 63.9 Å². The molecule has 19 heteroatoms. The molecule has 0 aromatic heterocycles. The first-order valence-electron chi connectivity index (χ1n) is 16.2. The van der Waals surface area contributed by atoms with Crippen LogP contribution in [-0.4, -0.2) is 93.2 Å². The second-order valence-corrected chi connectivity index (χ2v) is 11.9. The second kappa shape index (κ2) is 32.2. The number of benzene rings is 3. The van der Waals surface area contributed by atoms with Gasteiger partial charge >= 0.3 is 17.9 Å². The normalized spacial score (nSPS) is 8.95. The van der Waals surface area contributed by atoms with Crippen LogP contribution >= 0.6 is 36.0 Å². The number of alkyl halides is 1. The molecule has 3 aromatic rings. The van der Waals surface area contributed by atoms with Gasteiger partial charge in [0.1, 0.15) is 58.0 Å². The molecule has 0 bridgehead atoms. The topological polar surface area (TPSA) is 245 Å². The zero-order chi connectivity index (χ0) is 43.8. The van der Waals surface area contributed by atoms with Crippen LogP contribution in [0.5, 0.6) is 34.5 Å². The van der Waals surface area contributed by atoms with E-state index in [4.69, 9.17) is 74.6 Å². The Hall–Kier alpha value is -6.08. The number of aryl methyl sites for hydroxylation is 3. The van der Waals surface area contributed by atoms with Crippen molar-refractivity contribution in [1.82, 2.24) is 0 Å². The number of ether oxygens (including phenoxy) is 8. The number of nitrogens with zero attached hydrogens (tertiary/aromatic N) is 2. The van der Waals surface area contributed by atoms with Crippen molar-refractivity contribution in [3.63, 3.8) is 0 Å². The standard InChI is InChI=1S/C12H15NO4S.C12H13NO4.C10H12O4.C2H2ClN.C2H5NS/c1-8-5-9(16-6-11(13)18)3-4-10(8)17-7-12(14)15-2;1-9-7-10(16-6-5-13)3-4-11(9)17-8-12(14)15-2;1-7-5-8(11)3-4-9(7)14-6-10(12)13-2;3-1-2-4;1-2(3)4/h3-5H,6-7H2,1-2H3,(H2,13,18);3-4,7H,6,8H2,1-2H3;3-5,11H,6H2,1-2H3;1H2;1H3,(H2,3,4). The fourth-order valence-corrected chi connectivity index (χ4v) is 3.46. The molecule has 0 saturated heterocycles. The average Bonchev–Trinajstić information content (AvgIpc) is 3.18. The lowest BCUT2D eigenvalue weighted by Crippen LogP contribution is -2.17. The van der Waals surface area contributed by atoms with E-state index in [9.17, 15) is 14.4 Å². The maximum atomic E-state index is 10.9. The van der Waals surface area contributed by atoms with Crippen molar-refractivity contribution in [3.8, 4) is 46.6 Å². The third kappa shape index (κ3) is 28.1. The molecule has 0 aliphatic carbocycles. The highest BCUT2D eigenvalue weighted by atomic mass is 35.5. The van der Waals surface area contributed by atoms with Crippen molar-refractivity contribution in [1.29, 1.82) is 10.5 Å². The van der Waals surface area contributed by atoms with Crippen LogP contribution in [0.3, 0.4) is 0 Å². The molecular formula is C38H47ClN4O12S2. The highest BCUT2D eigenvalue weighted by Crippen LogP contribution is 2.25. The minimum atomic E-state index is -0.436. The molecule has 0 spiro atoms. The molecule has 0 heterocycles. The highest BCUT2D eigenvalue weighted by molar-refractivity contribution is 7.80. The number of halogens is 1. The summed E-state index contributed by atoms with van der Waals surface area (Å²) in [5.74, 6) is 1.96. The molecule has 5 N–H and O–H groups in total. The summed E-state index contributed by atoms with van der Waals surface area (Å²) in [6.07, 6.45) is 0. The molecule has 0 aliphatic heterocycles. The van der Waals surface area contributed by atoms with Crippen molar-refractivity contribution in [2.45, 2.75) is 27.7 Å². The van der Waals surface area contributed by atoms with E-state index in [1.54, 1.807) is 68.4 Å². The molecule has 16 nitrogen and oxygen atoms in total. The van der Waals surface area contributed by atoms with E-state index in [0.29, 0.717) is 38.7 Å². The van der Waals surface area contributed by atoms with Crippen LogP contribution in [0, 0.1) is 43.4 Å². The molecule has 0 saturated carbocycles. The van der Waals surface area contributed by atoms with Crippen LogP contribution in [0.1, 0.15) is 23.6 Å². The zero-order valence-corrected chi connectivity index (χ0v) is 35.0. The lowest BCUT2D eigenvalue weighted by atomic mass is 10.2. The molecule has 0 fully saturated rings. The fraction of sp³-hybridized carbons (Fsp3) is 0.342. The molecule has 3 aromatic carbocycles. The van der Waals surface area contributed by atoms with Crippen LogP contribution in [0.4, 0.5) is 0 Å². The largest absolute Gasteiger partial charge is 0.508 e. The fourth-order valence-electron chi connectivity index (χ4n) is 3.40. The molecule has 0 unspecified atom stereocenters. The first-order chi connectivity index (χ1) is 27.0. The molecular weight excluding hydrogens is 804 g/mol. The summed E-state index contributed by atoms with van der Waals surface area (Å²) < 4.78 is 39.5. The van der Waals surface area contributed by atoms with Gasteiger partial charge in [0.15, 0.2) is 26.4 Å². The number of hydrogen-bond donors (Lipinski definition) is 3. The third-order valence-electron chi connectivity index (χ3n) is 5.92. The Labute approximate surface area is 348 Å². The van der Waals surface area contributed by atoms with E-state index in [0.717, 1.165) is 16.7 Å². The third-order valence-corrected chi connectivity index (χ3v) is 6.15. The lowest BCUT2D eigenvalue weighted by molar-refractivity contribution is -0.143. The monoisotopic (exact) mass is 850 g/mol. The maximum absolute atomic E-state index is 10.9. The number of nitrogens with two attached hydrogens (primary N) is 2. The van der Waals surface area contributed by atoms with Gasteiger partial charge in [-0.2, -0.15) is 10.5 Å². The number of thiocarbonyl (C=S) groups is 2. The van der Waals surface area contributed by atoms with Crippen molar-refractivity contribution in [3.05, 3.63) is 71.3 Å². The molecule has 0 atom stereocenters. The SMILES string of the molecule is CC(N)=S.COC(=O)COc1ccc(O)cc1C.COC(=O)COc1ccc(OCC#N)cc1C.COC(=O)COc1ccc(OCC(N)=S)cc1C.N#CCCl. The molecule has 310 valence electrons. The van der Waals surface area contributed by atoms with Crippen LogP contribution in [0.25, 0.3) is 0 Å². The molecule has 0 amide bonds. The van der Waals surface area contributed by atoms with Crippen LogP contribution < -0.4 is 35.2 Å². The number of aromatic hydroxyl groups is 1. The van der Waals surface area contributed by atoms with Crippen molar-refractivity contribution < 1.29 is 57.4 Å². The molecule has 0 aliphatic rings. The number of phenols is 1. The number of carbonyl (C=O) groups excluding carboxylic acids is 3. The van der Waals surface area contributed by atoms with Gasteiger partial charge < -0.3 is 54.5 Å². The number of esters is 3. The number of nitriles is 2. The van der Waals surface area contributed by atoms with E-state index in [1.807, 2.05) is 19.9 Å². The Morgan fingerprint density at radius 2 is 1.00 bits per heavy atom. The quantitative estimate of drug-likeness (QED) is 0.0840. The zero-order valence-electron chi connectivity index (χ0n) is 32.6. The summed E-state index contributed by atoms with van der Waals surface area (Å²) >= 11 is 13.9. The summed E-state index contributed by atoms with van der Waals surface area (Å²) in [5, 5.41) is 25.0. The predicted octanol–water partition coefficient (Wildman–Crippen LogP) is 4.95. The van der Waals surface area contributed by atoms with Gasteiger partial charge in [0, 0.05) is 0 Å². The number of phenolic OH excluding ortho intramolecular Hbond substituents is 1. The molecule has 0 radical (unpaired) electrons. The molecule has 3 rings (SSSR count). The van der Waals surface area contributed by atoms with Crippen LogP contribution in [-0.2, 0) is 28.6 Å². The Morgan fingerprint density at radius 1 is 0.649 bits per heavy atom. The maximum Gasteiger partial charge on any atom is 0.343 e. The Bertz CT molecular complexity index is 1810. The summed E-state index contributed by atoms with van der Waals surface area (Å²) in [4.78, 5) is 33.4. The van der Waals surface area contributed by atoms with Gasteiger partial charge in [0.2, 0.25) is 0 Å². The van der Waals surface area contributed by atoms with Gasteiger partial charge in [-0.05, 0) is 99.0 Å². The minimum absolute atomic E-state index is 0.00179. The Kier molecular flexibility index (Phi) is 29.9. The minimum Gasteiger partial charge on any atom is -0.508 e. The van der Waals surface area contributed by atoms with Crippen LogP contribution in [0.15, 0.2) is 54.6 Å². The summed E-state index contributed by atoms with van der Waals surface area (Å²) in [6, 6.07) is 18.6. The number of methoxy groups -OCH3 is 3. The smallest absolute Gasteiger partial charge is 0.343 e. The highest BCUT2D eigenvalue weighted by Gasteiger charge is 2.08. The van der Waals surface area contributed by atoms with Gasteiger partial charge in [-0.15, -0.1) is 11.6 Å². The average molecular weight is 851 g/mol. The van der Waals surface area contributed by atoms with Gasteiger partial charge in [0.05, 0.1) is 32.4 Å². The summed E-state index contributed by atoms with van der Waals surface area (Å²) in [5.41, 5.74) is 12.6. The lowest BCUT2D eigenvalue weighted by Gasteiger charge is -2.10. The Balaban J connectivity index is 0. The summed E-state index contributed by atoms with van der Waals surface area (Å²) in [6.45, 7) is 6.95. The number of rotatable bonds is 14. The van der Waals surface area contributed by atoms with E-state index in [2.05, 4.69) is 26.4 Å². The predicted molar refractivity (Wildman–Crippen MR) is 220 cm³/mol. The van der Waals surface area contributed by atoms with Crippen LogP contribution in [0.2, 0.25) is 0 Å².